The van der Waals surface area contributed by atoms with Crippen molar-refractivity contribution >= 4 is 27.3 Å². The van der Waals surface area contributed by atoms with Gasteiger partial charge in [0.15, 0.2) is 11.4 Å². The summed E-state index contributed by atoms with van der Waals surface area (Å²) in [6.45, 7) is 10.7. The number of rotatable bonds is 0. The zero-order valence-corrected chi connectivity index (χ0v) is 21.2. The van der Waals surface area contributed by atoms with Crippen LogP contribution in [0.2, 0.25) is 0 Å². The number of imidazole rings is 1. The minimum atomic E-state index is -2.19. The first-order valence-corrected chi connectivity index (χ1v) is 13.0. The summed E-state index contributed by atoms with van der Waals surface area (Å²) in [5.74, 6) is 0. The van der Waals surface area contributed by atoms with Crippen molar-refractivity contribution in [1.29, 1.82) is 0 Å². The van der Waals surface area contributed by atoms with Crippen LogP contribution in [0, 0.1) is 6.85 Å². The summed E-state index contributed by atoms with van der Waals surface area (Å²) in [7, 11) is 0. The van der Waals surface area contributed by atoms with Crippen LogP contribution in [-0.2, 0) is 22.8 Å². The van der Waals surface area contributed by atoms with E-state index in [1.807, 2.05) is 6.07 Å². The predicted octanol–water partition coefficient (Wildman–Crippen LogP) is 7.49. The number of nitrogens with zero attached hydrogens (tertiary/aromatic N) is 2. The van der Waals surface area contributed by atoms with E-state index in [0.717, 1.165) is 35.7 Å². The topological polar surface area (TPSA) is 8.29 Å². The first-order valence-electron chi connectivity index (χ1n) is 14.5. The Morgan fingerprint density at radius 1 is 0.857 bits per heavy atom. The number of hydrogen-bond acceptors (Lipinski definition) is 0. The van der Waals surface area contributed by atoms with E-state index >= 15 is 0 Å². The summed E-state index contributed by atoms with van der Waals surface area (Å²) in [4.78, 5) is 0. The van der Waals surface area contributed by atoms with Crippen LogP contribution in [0.5, 0.6) is 0 Å². The summed E-state index contributed by atoms with van der Waals surface area (Å²) in [5, 5.41) is 3.19. The maximum atomic E-state index is 8.50. The largest absolute Gasteiger partial charge is 0.296 e. The van der Waals surface area contributed by atoms with Gasteiger partial charge in [0, 0.05) is 42.4 Å². The molecule has 3 aromatic carbocycles. The second-order valence-electron chi connectivity index (χ2n) is 12.6. The molecular formula is C33H33N2+. The minimum Gasteiger partial charge on any atom is -0.218 e. The van der Waals surface area contributed by atoms with Crippen molar-refractivity contribution in [3.8, 4) is 11.3 Å². The zero-order chi connectivity index (χ0) is 26.6. The molecule has 3 aliphatic rings. The van der Waals surface area contributed by atoms with E-state index in [2.05, 4.69) is 92.1 Å². The van der Waals surface area contributed by atoms with Gasteiger partial charge in [0.1, 0.15) is 12.1 Å². The molecular weight excluding hydrogens is 424 g/mol. The molecule has 1 aliphatic carbocycles. The molecule has 2 heteroatoms. The van der Waals surface area contributed by atoms with Gasteiger partial charge >= 0.3 is 0 Å². The van der Waals surface area contributed by atoms with Crippen LogP contribution in [-0.4, -0.2) is 4.40 Å². The Morgan fingerprint density at radius 2 is 1.69 bits per heavy atom. The van der Waals surface area contributed by atoms with E-state index in [-0.39, 0.29) is 16.2 Å². The molecule has 8 rings (SSSR count). The van der Waals surface area contributed by atoms with E-state index in [9.17, 15) is 0 Å². The standard InChI is InChI=1S/C33H33N2/c1-19-14-15-24-28-25(19)22-12-9-10-20-18-34-27-21-11-7-8-13-23(21)31(2,3)16-17-33(6,32(24,4)5)29(27)35(28)30(34)26(20)22/h7-15H,16-18H2,1-6H3/q+1/i1D3. The van der Waals surface area contributed by atoms with Crippen LogP contribution in [0.25, 0.3) is 38.6 Å². The number of aromatic nitrogens is 2. The highest BCUT2D eigenvalue weighted by Gasteiger charge is 2.57. The molecule has 0 spiro atoms. The molecule has 174 valence electrons. The summed E-state index contributed by atoms with van der Waals surface area (Å²) >= 11 is 0. The molecule has 0 saturated heterocycles. The quantitative estimate of drug-likeness (QED) is 0.164. The Bertz CT molecular complexity index is 1900. The van der Waals surface area contributed by atoms with Crippen molar-refractivity contribution in [1.82, 2.24) is 4.40 Å². The number of benzene rings is 3. The van der Waals surface area contributed by atoms with Crippen LogP contribution in [0.4, 0.5) is 0 Å². The molecule has 35 heavy (non-hydrogen) atoms. The lowest BCUT2D eigenvalue weighted by Gasteiger charge is -2.48. The van der Waals surface area contributed by atoms with Gasteiger partial charge in [0.2, 0.25) is 0 Å². The summed E-state index contributed by atoms with van der Waals surface area (Å²) in [6.07, 6.45) is 2.14. The van der Waals surface area contributed by atoms with Crippen molar-refractivity contribution < 1.29 is 8.68 Å². The number of hydrogen-bond donors (Lipinski definition) is 0. The first-order chi connectivity index (χ1) is 17.9. The molecule has 0 saturated carbocycles. The molecule has 4 heterocycles. The Hall–Kier alpha value is -3.13. The van der Waals surface area contributed by atoms with Gasteiger partial charge in [0.05, 0.1) is 5.39 Å². The van der Waals surface area contributed by atoms with Crippen LogP contribution in [0.15, 0.2) is 54.6 Å². The van der Waals surface area contributed by atoms with E-state index in [0.29, 0.717) is 5.56 Å². The SMILES string of the molecule is [2H]C([2H])([2H])c1ccc2c3c1c1cccc4c1c1n3c3c([n+]1C4)-c1ccccc1C(C)(C)CCC3(C)C2(C)C. The first kappa shape index (κ1) is 17.3. The lowest BCUT2D eigenvalue weighted by molar-refractivity contribution is -0.646. The highest BCUT2D eigenvalue weighted by molar-refractivity contribution is 6.15. The number of pyridine rings is 1. The third kappa shape index (κ3) is 2.02. The Kier molecular flexibility index (Phi) is 2.87. The van der Waals surface area contributed by atoms with Gasteiger partial charge in [-0.15, -0.1) is 0 Å². The predicted molar refractivity (Wildman–Crippen MR) is 145 cm³/mol. The highest BCUT2D eigenvalue weighted by Crippen LogP contribution is 2.58. The maximum Gasteiger partial charge on any atom is 0.296 e. The van der Waals surface area contributed by atoms with Crippen molar-refractivity contribution in [3.05, 3.63) is 82.5 Å². The molecule has 0 N–H and O–H groups in total. The zero-order valence-electron chi connectivity index (χ0n) is 24.2. The average Bonchev–Trinajstić information content (AvgIpc) is 3.40. The Labute approximate surface area is 211 Å². The van der Waals surface area contributed by atoms with Crippen molar-refractivity contribution in [3.63, 3.8) is 0 Å². The van der Waals surface area contributed by atoms with Crippen LogP contribution >= 0.6 is 0 Å². The van der Waals surface area contributed by atoms with Crippen molar-refractivity contribution in [2.75, 3.05) is 0 Å². The van der Waals surface area contributed by atoms with Crippen LogP contribution in [0.1, 0.15) is 79.5 Å². The van der Waals surface area contributed by atoms with E-state index in [1.165, 1.54) is 44.7 Å². The van der Waals surface area contributed by atoms with Crippen molar-refractivity contribution in [2.45, 2.75) is 77.1 Å². The lowest BCUT2D eigenvalue weighted by Crippen LogP contribution is -2.48. The van der Waals surface area contributed by atoms with Gasteiger partial charge in [0.25, 0.3) is 5.65 Å². The smallest absolute Gasteiger partial charge is 0.218 e. The fourth-order valence-corrected chi connectivity index (χ4v) is 7.94. The molecule has 5 aromatic rings. The molecule has 0 fully saturated rings. The van der Waals surface area contributed by atoms with E-state index in [1.54, 1.807) is 0 Å². The fourth-order valence-electron chi connectivity index (χ4n) is 7.94. The van der Waals surface area contributed by atoms with Crippen LogP contribution < -0.4 is 4.57 Å². The molecule has 1 atom stereocenters. The van der Waals surface area contributed by atoms with Gasteiger partial charge in [-0.2, -0.15) is 4.40 Å². The molecule has 2 aromatic heterocycles. The molecule has 2 aliphatic heterocycles. The lowest BCUT2D eigenvalue weighted by atomic mass is 9.55. The van der Waals surface area contributed by atoms with Gasteiger partial charge < -0.3 is 0 Å². The fraction of sp³-hybridized carbons (Fsp3) is 0.364. The third-order valence-corrected chi connectivity index (χ3v) is 10.3. The number of fused-ring (bicyclic) bond motifs is 4. The molecule has 0 radical (unpaired) electrons. The number of aryl methyl sites for hydroxylation is 1. The normalized spacial score (nSPS) is 24.4. The van der Waals surface area contributed by atoms with Crippen LogP contribution in [0.3, 0.4) is 0 Å². The van der Waals surface area contributed by atoms with E-state index < -0.39 is 6.85 Å². The maximum absolute atomic E-state index is 8.50. The Balaban J connectivity index is 1.73. The molecule has 0 amide bonds. The summed E-state index contributed by atoms with van der Waals surface area (Å²) in [5.41, 5.74) is 10.4. The van der Waals surface area contributed by atoms with Crippen molar-refractivity contribution in [2.24, 2.45) is 0 Å². The molecule has 1 unspecified atom stereocenters. The molecule has 0 bridgehead atoms. The van der Waals surface area contributed by atoms with Gasteiger partial charge in [-0.05, 0) is 36.2 Å². The minimum absolute atomic E-state index is 0.0380. The van der Waals surface area contributed by atoms with Gasteiger partial charge in [-0.25, -0.2) is 4.57 Å². The summed E-state index contributed by atoms with van der Waals surface area (Å²) < 4.78 is 30.6. The highest BCUT2D eigenvalue weighted by atomic mass is 15.2. The average molecular weight is 461 g/mol. The molecule has 2 nitrogen and oxygen atoms in total. The van der Waals surface area contributed by atoms with E-state index in [4.69, 9.17) is 4.11 Å². The van der Waals surface area contributed by atoms with Gasteiger partial charge in [-0.1, -0.05) is 89.2 Å². The summed E-state index contributed by atoms with van der Waals surface area (Å²) in [6, 6.07) is 19.5. The Morgan fingerprint density at radius 3 is 2.51 bits per heavy atom. The second-order valence-corrected chi connectivity index (χ2v) is 12.6. The third-order valence-electron chi connectivity index (χ3n) is 10.3. The second kappa shape index (κ2) is 5.81. The monoisotopic (exact) mass is 460 g/mol. The van der Waals surface area contributed by atoms with Gasteiger partial charge in [-0.3, -0.25) is 0 Å².